The minimum Gasteiger partial charge on any atom is -0.453 e. The molecule has 8 aromatic carbocycles. The van der Waals surface area contributed by atoms with E-state index in [4.69, 9.17) is 9.84 Å². The fraction of sp³-hybridized carbons (Fsp3) is 0.308. The summed E-state index contributed by atoms with van der Waals surface area (Å²) < 4.78 is 5.83. The summed E-state index contributed by atoms with van der Waals surface area (Å²) in [6.45, 7) is 7.87. The van der Waals surface area contributed by atoms with Gasteiger partial charge in [-0.3, -0.25) is 14.6 Å². The average molecular weight is 1350 g/mol. The molecular formula is C78H86BrN13O4. The summed E-state index contributed by atoms with van der Waals surface area (Å²) in [6, 6.07) is 57.5. The van der Waals surface area contributed by atoms with E-state index < -0.39 is 12.1 Å². The summed E-state index contributed by atoms with van der Waals surface area (Å²) in [6.07, 6.45) is 16.1. The molecule has 4 aliphatic heterocycles. The number of ether oxygens (including phenoxy) is 1. The van der Waals surface area contributed by atoms with Crippen molar-refractivity contribution in [2.45, 2.75) is 95.4 Å². The molecule has 4 fully saturated rings. The van der Waals surface area contributed by atoms with Gasteiger partial charge in [-0.2, -0.15) is 0 Å². The minimum atomic E-state index is -0.638. The van der Waals surface area contributed by atoms with Gasteiger partial charge in [0, 0.05) is 40.4 Å². The highest BCUT2D eigenvalue weighted by Crippen LogP contribution is 2.38. The maximum atomic E-state index is 13.3. The van der Waals surface area contributed by atoms with E-state index in [9.17, 15) is 9.59 Å². The number of amides is 2. The SMILES string of the molecule is CN1CCC[C@@H]1c1ncc(-c2cccc3c(Br)cccc23)[nH]1.CN1CCC[C@@H]1c1ncc(-c2cccc3ccccc23)[nH]1.CO.COC(=O)N[C@H](C(=O)N1CCC[C@H]1c1ncc(-c2cccc3ccccc23)[nH]1)C(C)C.c1ccc2c(-c3cnc([C@H]4CCCN4)[nH]3)cccc2c1. The van der Waals surface area contributed by atoms with Gasteiger partial charge in [-0.1, -0.05) is 188 Å². The molecule has 16 rings (SSSR count). The molecule has 494 valence electrons. The third kappa shape index (κ3) is 14.7. The molecule has 4 saturated heterocycles. The molecule has 5 atom stereocenters. The molecule has 0 unspecified atom stereocenters. The van der Waals surface area contributed by atoms with Crippen LogP contribution in [0.1, 0.15) is 113 Å². The van der Waals surface area contributed by atoms with Crippen LogP contribution >= 0.6 is 15.9 Å². The summed E-state index contributed by atoms with van der Waals surface area (Å²) in [5.74, 6) is 3.85. The fourth-order valence-corrected chi connectivity index (χ4v) is 14.6. The first-order chi connectivity index (χ1) is 47.0. The lowest BCUT2D eigenvalue weighted by molar-refractivity contribution is -0.135. The summed E-state index contributed by atoms with van der Waals surface area (Å²) in [7, 11) is 6.65. The number of imidazole rings is 4. The van der Waals surface area contributed by atoms with E-state index in [-0.39, 0.29) is 17.9 Å². The van der Waals surface area contributed by atoms with E-state index in [1.807, 2.05) is 61.7 Å². The Morgan fingerprint density at radius 2 is 0.875 bits per heavy atom. The Balaban J connectivity index is 0.000000123. The van der Waals surface area contributed by atoms with Gasteiger partial charge in [-0.25, -0.2) is 24.7 Å². The number of hydrogen-bond donors (Lipinski definition) is 7. The molecule has 0 bridgehead atoms. The van der Waals surface area contributed by atoms with Crippen LogP contribution in [0.15, 0.2) is 193 Å². The molecule has 4 aromatic heterocycles. The summed E-state index contributed by atoms with van der Waals surface area (Å²) in [5.41, 5.74) is 8.98. The van der Waals surface area contributed by atoms with Gasteiger partial charge < -0.3 is 45.3 Å². The Labute approximate surface area is 569 Å². The lowest BCUT2D eigenvalue weighted by atomic mass is 10.0. The lowest BCUT2D eigenvalue weighted by Gasteiger charge is -2.30. The average Bonchev–Trinajstić information content (AvgIpc) is 1.59. The standard InChI is InChI=1S/C24H28N4O3.C18H18BrN3.C18H19N3.C17H17N3.CH4O/c1-15(2)21(27-24(30)31-3)23(29)28-13-7-12-20(28)22-25-14-19(26-22)18-11-6-9-16-8-4-5-10-17(16)18;1-22-10-4-9-17(22)18-20-11-16(21-18)14-7-2-6-13-12(14)5-3-8-15(13)19;1-21-11-5-10-17(21)18-19-12-16(20-18)15-9-4-7-13-6-2-3-8-14(13)15;1-2-7-13-12(5-1)6-3-8-14(13)16-11-19-17(20-16)15-9-4-10-18-15;1-2/h4-6,8-11,14-15,20-21H,7,12-13H2,1-3H3,(H,25,26)(H,27,30);2-3,5-8,11,17H,4,9-10H2,1H3,(H,20,21);2-4,6-9,12,17H,5,10-11H2,1H3,(H,19,20);1-3,5-8,11,15,18H,4,9-10H2,(H,19,20);2H,1H3/t20-,21-;2*17-;15-;/m0111./s1. The maximum absolute atomic E-state index is 13.3. The quantitative estimate of drug-likeness (QED) is 0.0647. The Morgan fingerprint density at radius 1 is 0.490 bits per heavy atom. The van der Waals surface area contributed by atoms with Gasteiger partial charge in [0.15, 0.2) is 0 Å². The van der Waals surface area contributed by atoms with Crippen molar-refractivity contribution in [3.8, 4) is 45.0 Å². The highest BCUT2D eigenvalue weighted by atomic mass is 79.9. The summed E-state index contributed by atoms with van der Waals surface area (Å²) in [4.78, 5) is 64.1. The van der Waals surface area contributed by atoms with Crippen molar-refractivity contribution in [3.63, 3.8) is 0 Å². The second-order valence-electron chi connectivity index (χ2n) is 25.4. The molecule has 0 spiro atoms. The number of hydrogen-bond acceptors (Lipinski definition) is 11. The zero-order valence-electron chi connectivity index (χ0n) is 55.5. The molecular weight excluding hydrogens is 1260 g/mol. The third-order valence-corrected chi connectivity index (χ3v) is 19.8. The molecule has 4 aliphatic rings. The van der Waals surface area contributed by atoms with E-state index in [1.165, 1.54) is 100 Å². The molecule has 0 aliphatic carbocycles. The van der Waals surface area contributed by atoms with Crippen molar-refractivity contribution in [1.29, 1.82) is 0 Å². The van der Waals surface area contributed by atoms with Crippen LogP contribution < -0.4 is 10.6 Å². The van der Waals surface area contributed by atoms with E-state index in [2.05, 4.69) is 236 Å². The van der Waals surface area contributed by atoms with Gasteiger partial charge in [-0.05, 0) is 140 Å². The van der Waals surface area contributed by atoms with Crippen molar-refractivity contribution in [2.75, 3.05) is 54.5 Å². The van der Waals surface area contributed by atoms with E-state index in [1.54, 1.807) is 0 Å². The van der Waals surface area contributed by atoms with Crippen LogP contribution in [0, 0.1) is 5.92 Å². The molecule has 17 nitrogen and oxygen atoms in total. The second kappa shape index (κ2) is 31.1. The Morgan fingerprint density at radius 3 is 1.32 bits per heavy atom. The van der Waals surface area contributed by atoms with E-state index in [0.717, 1.165) is 101 Å². The summed E-state index contributed by atoms with van der Waals surface area (Å²) >= 11 is 3.64. The number of rotatable bonds is 11. The number of H-pyrrole nitrogens is 4. The number of carbonyl (C=O) groups is 2. The number of carbonyl (C=O) groups excluding carboxylic acids is 2. The van der Waals surface area contributed by atoms with Gasteiger partial charge >= 0.3 is 6.09 Å². The second-order valence-corrected chi connectivity index (χ2v) is 26.3. The first-order valence-electron chi connectivity index (χ1n) is 33.5. The van der Waals surface area contributed by atoms with E-state index >= 15 is 0 Å². The molecule has 18 heteroatoms. The number of nitrogens with zero attached hydrogens (tertiary/aromatic N) is 7. The van der Waals surface area contributed by atoms with Crippen LogP contribution in [0.4, 0.5) is 4.79 Å². The number of fused-ring (bicyclic) bond motifs is 4. The predicted molar refractivity (Wildman–Crippen MR) is 389 cm³/mol. The van der Waals surface area contributed by atoms with Crippen LogP contribution in [-0.2, 0) is 9.53 Å². The Bertz CT molecular complexity index is 4570. The van der Waals surface area contributed by atoms with Crippen molar-refractivity contribution < 1.29 is 19.4 Å². The molecule has 12 aromatic rings. The monoisotopic (exact) mass is 1350 g/mol. The van der Waals surface area contributed by atoms with Gasteiger partial charge in [0.05, 0.1) is 78.8 Å². The van der Waals surface area contributed by atoms with Crippen molar-refractivity contribution in [3.05, 3.63) is 216 Å². The number of aliphatic hydroxyl groups is 1. The van der Waals surface area contributed by atoms with Gasteiger partial charge in [0.25, 0.3) is 0 Å². The van der Waals surface area contributed by atoms with Crippen LogP contribution in [0.3, 0.4) is 0 Å². The molecule has 8 heterocycles. The normalized spacial score (nSPS) is 18.1. The van der Waals surface area contributed by atoms with Gasteiger partial charge in [0.1, 0.15) is 29.3 Å². The number of halogens is 1. The van der Waals surface area contributed by atoms with Crippen LogP contribution in [-0.4, -0.2) is 132 Å². The van der Waals surface area contributed by atoms with Crippen molar-refractivity contribution >= 4 is 71.0 Å². The Kier molecular flexibility index (Phi) is 21.6. The minimum absolute atomic E-state index is 0.0595. The lowest BCUT2D eigenvalue weighted by Crippen LogP contribution is -2.51. The molecule has 0 saturated carbocycles. The van der Waals surface area contributed by atoms with E-state index in [0.29, 0.717) is 24.7 Å². The number of alkyl carbamates (subject to hydrolysis) is 1. The van der Waals surface area contributed by atoms with Gasteiger partial charge in [-0.15, -0.1) is 0 Å². The van der Waals surface area contributed by atoms with Crippen molar-refractivity contribution in [1.82, 2.24) is 65.2 Å². The number of aromatic amines is 4. The highest BCUT2D eigenvalue weighted by Gasteiger charge is 2.38. The topological polar surface area (TPSA) is 212 Å². The first kappa shape index (κ1) is 66.7. The number of methoxy groups -OCH3 is 1. The molecule has 0 radical (unpaired) electrons. The smallest absolute Gasteiger partial charge is 0.407 e. The Hall–Kier alpha value is -9.30. The van der Waals surface area contributed by atoms with Crippen molar-refractivity contribution in [2.24, 2.45) is 5.92 Å². The van der Waals surface area contributed by atoms with Gasteiger partial charge in [0.2, 0.25) is 5.91 Å². The number of likely N-dealkylation sites (tertiary alicyclic amines) is 3. The zero-order valence-corrected chi connectivity index (χ0v) is 57.1. The largest absolute Gasteiger partial charge is 0.453 e. The first-order valence-corrected chi connectivity index (χ1v) is 34.3. The molecule has 2 amide bonds. The number of aromatic nitrogens is 8. The van der Waals surface area contributed by atoms with Crippen LogP contribution in [0.5, 0.6) is 0 Å². The highest BCUT2D eigenvalue weighted by molar-refractivity contribution is 9.10. The molecule has 96 heavy (non-hydrogen) atoms. The fourth-order valence-electron chi connectivity index (χ4n) is 14.1. The third-order valence-electron chi connectivity index (χ3n) is 19.1. The molecule has 7 N–H and O–H groups in total. The number of nitrogens with one attached hydrogen (secondary N) is 6. The number of aliphatic hydroxyl groups excluding tert-OH is 1. The maximum Gasteiger partial charge on any atom is 0.407 e. The van der Waals surface area contributed by atoms with Crippen LogP contribution in [0.25, 0.3) is 88.1 Å². The summed E-state index contributed by atoms with van der Waals surface area (Å²) in [5, 5.41) is 23.0. The van der Waals surface area contributed by atoms with Crippen LogP contribution in [0.2, 0.25) is 0 Å². The number of benzene rings is 8. The predicted octanol–water partition coefficient (Wildman–Crippen LogP) is 16.3. The zero-order chi connectivity index (χ0) is 66.7.